The van der Waals surface area contributed by atoms with Gasteiger partial charge in [0.15, 0.2) is 16.6 Å². The molecule has 25 heavy (non-hydrogen) atoms. The Labute approximate surface area is 155 Å². The maximum absolute atomic E-state index is 6.62. The summed E-state index contributed by atoms with van der Waals surface area (Å²) >= 11 is 0. The number of hydrogen-bond acceptors (Lipinski definition) is 1. The molecule has 0 N–H and O–H groups in total. The third kappa shape index (κ3) is 6.98. The monoisotopic (exact) mass is 366 g/mol. The van der Waals surface area contributed by atoms with Crippen LogP contribution in [0.25, 0.3) is 12.2 Å². The van der Waals surface area contributed by atoms with Crippen molar-refractivity contribution in [1.29, 1.82) is 0 Å². The molecule has 2 rings (SSSR count). The van der Waals surface area contributed by atoms with Crippen molar-refractivity contribution in [3.63, 3.8) is 0 Å². The lowest BCUT2D eigenvalue weighted by atomic mass is 10.2. The summed E-state index contributed by atoms with van der Waals surface area (Å²) in [5, 5.41) is 0. The zero-order valence-corrected chi connectivity index (χ0v) is 18.3. The van der Waals surface area contributed by atoms with E-state index in [9.17, 15) is 0 Å². The molecule has 1 nitrogen and oxygen atoms in total. The summed E-state index contributed by atoms with van der Waals surface area (Å²) in [6.07, 6.45) is 4.42. The maximum atomic E-state index is 6.62. The molecule has 132 valence electrons. The van der Waals surface area contributed by atoms with E-state index in [0.29, 0.717) is 0 Å². The average molecular weight is 367 g/mol. The van der Waals surface area contributed by atoms with Gasteiger partial charge < -0.3 is 4.12 Å². The van der Waals surface area contributed by atoms with Gasteiger partial charge in [-0.2, -0.15) is 0 Å². The minimum Gasteiger partial charge on any atom is -0.449 e. The van der Waals surface area contributed by atoms with Crippen LogP contribution in [-0.2, 0) is 4.12 Å². The Bertz CT molecular complexity index is 673. The van der Waals surface area contributed by atoms with Crippen LogP contribution >= 0.6 is 0 Å². The Kier molecular flexibility index (Phi) is 6.38. The van der Waals surface area contributed by atoms with Crippen molar-refractivity contribution in [1.82, 2.24) is 0 Å². The summed E-state index contributed by atoms with van der Waals surface area (Å²) < 4.78 is 6.62. The normalized spacial score (nSPS) is 13.0. The Morgan fingerprint density at radius 3 is 1.24 bits per heavy atom. The fourth-order valence-electron chi connectivity index (χ4n) is 2.69. The largest absolute Gasteiger partial charge is 0.449 e. The molecule has 0 atom stereocenters. The van der Waals surface area contributed by atoms with Crippen LogP contribution in [-0.4, -0.2) is 16.6 Å². The van der Waals surface area contributed by atoms with E-state index in [1.54, 1.807) is 0 Å². The summed E-state index contributed by atoms with van der Waals surface area (Å²) in [4.78, 5) is 0. The van der Waals surface area contributed by atoms with Crippen LogP contribution in [0, 0.1) is 13.8 Å². The van der Waals surface area contributed by atoms with Crippen molar-refractivity contribution in [2.75, 3.05) is 0 Å². The van der Waals surface area contributed by atoms with Gasteiger partial charge in [0.25, 0.3) is 0 Å². The van der Waals surface area contributed by atoms with Gasteiger partial charge in [-0.15, -0.1) is 0 Å². The molecule has 2 aromatic carbocycles. The minimum atomic E-state index is -1.85. The highest BCUT2D eigenvalue weighted by molar-refractivity contribution is 6.90. The third-order valence-corrected chi connectivity index (χ3v) is 10.2. The van der Waals surface area contributed by atoms with Crippen LogP contribution in [0.3, 0.4) is 0 Å². The number of benzene rings is 2. The second-order valence-corrected chi connectivity index (χ2v) is 15.7. The summed E-state index contributed by atoms with van der Waals surface area (Å²) in [5.74, 6) is 0. The van der Waals surface area contributed by atoms with E-state index < -0.39 is 16.6 Å². The SMILES string of the molecule is Cc1ccc(/C=C/[Si](C)(C)O[Si](C)(C)/C=C/c2ccc(C)cc2)cc1. The van der Waals surface area contributed by atoms with Crippen LogP contribution < -0.4 is 0 Å². The molecule has 0 bridgehead atoms. The summed E-state index contributed by atoms with van der Waals surface area (Å²) in [6.45, 7) is 13.3. The van der Waals surface area contributed by atoms with Crippen LogP contribution in [0.1, 0.15) is 22.3 Å². The number of aryl methyl sites for hydroxylation is 2. The van der Waals surface area contributed by atoms with Gasteiger partial charge in [0.05, 0.1) is 0 Å². The molecule has 3 heteroatoms. The topological polar surface area (TPSA) is 9.23 Å². The molecule has 0 spiro atoms. The smallest absolute Gasteiger partial charge is 0.198 e. The standard InChI is InChI=1S/C22H30OSi2/c1-19-7-11-21(12-8-19)15-17-24(3,4)23-25(5,6)18-16-22-13-9-20(2)10-14-22/h7-18H,1-6H3/b17-15+,18-16+. The zero-order valence-electron chi connectivity index (χ0n) is 16.3. The zero-order chi connectivity index (χ0) is 18.5. The lowest BCUT2D eigenvalue weighted by molar-refractivity contribution is 0.571. The first-order valence-corrected chi connectivity index (χ1v) is 14.8. The molecular formula is C22H30OSi2. The van der Waals surface area contributed by atoms with E-state index in [0.717, 1.165) is 0 Å². The molecule has 0 aliphatic carbocycles. The van der Waals surface area contributed by atoms with Crippen molar-refractivity contribution in [2.45, 2.75) is 40.0 Å². The fraction of sp³-hybridized carbons (Fsp3) is 0.273. The summed E-state index contributed by atoms with van der Waals surface area (Å²) in [5.41, 5.74) is 9.66. The van der Waals surface area contributed by atoms with Gasteiger partial charge in [0.2, 0.25) is 0 Å². The van der Waals surface area contributed by atoms with Crippen molar-refractivity contribution < 1.29 is 4.12 Å². The third-order valence-electron chi connectivity index (χ3n) is 4.04. The first-order valence-electron chi connectivity index (χ1n) is 8.87. The lowest BCUT2D eigenvalue weighted by Crippen LogP contribution is -2.42. The highest BCUT2D eigenvalue weighted by Gasteiger charge is 2.29. The van der Waals surface area contributed by atoms with Crippen LogP contribution in [0.5, 0.6) is 0 Å². The second-order valence-electron chi connectivity index (χ2n) is 7.80. The molecule has 2 aromatic rings. The summed E-state index contributed by atoms with van der Waals surface area (Å²) in [6, 6.07) is 17.3. The van der Waals surface area contributed by atoms with Gasteiger partial charge in [-0.3, -0.25) is 0 Å². The Hall–Kier alpha value is -1.69. The average Bonchev–Trinajstić information content (AvgIpc) is 2.53. The predicted octanol–water partition coefficient (Wildman–Crippen LogP) is 6.54. The highest BCUT2D eigenvalue weighted by Crippen LogP contribution is 2.19. The van der Waals surface area contributed by atoms with Crippen molar-refractivity contribution in [3.05, 3.63) is 82.2 Å². The van der Waals surface area contributed by atoms with E-state index in [1.165, 1.54) is 22.3 Å². The van der Waals surface area contributed by atoms with Crippen molar-refractivity contribution in [2.24, 2.45) is 0 Å². The highest BCUT2D eigenvalue weighted by atomic mass is 28.4. The van der Waals surface area contributed by atoms with E-state index >= 15 is 0 Å². The van der Waals surface area contributed by atoms with E-state index in [2.05, 4.69) is 112 Å². The van der Waals surface area contributed by atoms with Gasteiger partial charge in [0.1, 0.15) is 0 Å². The second kappa shape index (κ2) is 8.13. The molecule has 0 heterocycles. The maximum Gasteiger partial charge on any atom is 0.198 e. The van der Waals surface area contributed by atoms with Crippen LogP contribution in [0.4, 0.5) is 0 Å². The van der Waals surface area contributed by atoms with Gasteiger partial charge >= 0.3 is 0 Å². The van der Waals surface area contributed by atoms with Crippen molar-refractivity contribution >= 4 is 28.8 Å². The first-order chi connectivity index (χ1) is 11.7. The van der Waals surface area contributed by atoms with Gasteiger partial charge in [-0.1, -0.05) is 83.2 Å². The minimum absolute atomic E-state index is 1.24. The Morgan fingerprint density at radius 2 is 0.920 bits per heavy atom. The molecule has 0 saturated carbocycles. The predicted molar refractivity (Wildman–Crippen MR) is 116 cm³/mol. The van der Waals surface area contributed by atoms with Crippen LogP contribution in [0.15, 0.2) is 59.9 Å². The Balaban J connectivity index is 2.03. The molecule has 0 saturated heterocycles. The van der Waals surface area contributed by atoms with Gasteiger partial charge in [-0.05, 0) is 51.2 Å². The van der Waals surface area contributed by atoms with Gasteiger partial charge in [0, 0.05) is 0 Å². The van der Waals surface area contributed by atoms with Crippen molar-refractivity contribution in [3.8, 4) is 0 Å². The molecule has 0 aliphatic heterocycles. The first kappa shape index (κ1) is 19.6. The molecule has 0 aliphatic rings. The molecular weight excluding hydrogens is 336 g/mol. The fourth-order valence-corrected chi connectivity index (χ4v) is 9.85. The molecule has 0 unspecified atom stereocenters. The summed E-state index contributed by atoms with van der Waals surface area (Å²) in [7, 11) is -3.70. The molecule has 0 aromatic heterocycles. The number of rotatable bonds is 6. The van der Waals surface area contributed by atoms with E-state index in [-0.39, 0.29) is 0 Å². The number of hydrogen-bond donors (Lipinski definition) is 0. The molecule has 0 radical (unpaired) electrons. The molecule has 0 fully saturated rings. The quantitative estimate of drug-likeness (QED) is 0.528. The Morgan fingerprint density at radius 1 is 0.600 bits per heavy atom. The van der Waals surface area contributed by atoms with E-state index in [1.807, 2.05) is 0 Å². The molecule has 0 amide bonds. The van der Waals surface area contributed by atoms with Crippen LogP contribution in [0.2, 0.25) is 26.2 Å². The van der Waals surface area contributed by atoms with Gasteiger partial charge in [-0.25, -0.2) is 0 Å². The lowest BCUT2D eigenvalue weighted by Gasteiger charge is -2.29. The van der Waals surface area contributed by atoms with E-state index in [4.69, 9.17) is 4.12 Å².